The summed E-state index contributed by atoms with van der Waals surface area (Å²) in [5.74, 6) is 1.13. The van der Waals surface area contributed by atoms with Crippen molar-refractivity contribution < 1.29 is 13.5 Å². The summed E-state index contributed by atoms with van der Waals surface area (Å²) in [5.41, 5.74) is 3.86. The minimum Gasteiger partial charge on any atom is -0.380 e. The van der Waals surface area contributed by atoms with Crippen LogP contribution >= 0.6 is 0 Å². The second kappa shape index (κ2) is 7.72. The maximum absolute atomic E-state index is 13.1. The summed E-state index contributed by atoms with van der Waals surface area (Å²) in [4.78, 5) is 21.1. The summed E-state index contributed by atoms with van der Waals surface area (Å²) in [6.45, 7) is 3.10. The van der Waals surface area contributed by atoms with Crippen molar-refractivity contribution in [1.82, 2.24) is 29.5 Å². The fourth-order valence-electron chi connectivity index (χ4n) is 5.09. The van der Waals surface area contributed by atoms with E-state index in [1.807, 2.05) is 12.3 Å². The zero-order valence-electron chi connectivity index (χ0n) is 18.3. The second-order valence-corrected chi connectivity index (χ2v) is 9.30. The van der Waals surface area contributed by atoms with Crippen LogP contribution < -0.4 is 5.32 Å². The standard InChI is InChI=1S/C23H25F2N7O/c1-13-29-21-18(32(13)10-19(24)25)6-14(7-26-21)16-8-27-20-17(16)9-28-22(31-20)30-15-2-4-23(5-3-15)11-33-12-23/h6-9,15,19H,2-5,10-12H2,1H3,(H2,27,28,30,31). The molecule has 4 aromatic rings. The van der Waals surface area contributed by atoms with Crippen LogP contribution in [-0.2, 0) is 11.3 Å². The monoisotopic (exact) mass is 453 g/mol. The number of aryl methyl sites for hydroxylation is 1. The molecule has 0 atom stereocenters. The lowest BCUT2D eigenvalue weighted by atomic mass is 9.71. The van der Waals surface area contributed by atoms with E-state index in [0.717, 1.165) is 48.2 Å². The quantitative estimate of drug-likeness (QED) is 0.468. The Morgan fingerprint density at radius 2 is 2.03 bits per heavy atom. The van der Waals surface area contributed by atoms with E-state index in [0.29, 0.717) is 34.4 Å². The van der Waals surface area contributed by atoms with Gasteiger partial charge in [-0.2, -0.15) is 4.98 Å². The molecule has 10 heteroatoms. The molecule has 2 fully saturated rings. The van der Waals surface area contributed by atoms with Crippen LogP contribution in [-0.4, -0.2) is 55.2 Å². The largest absolute Gasteiger partial charge is 0.380 e. The Bertz CT molecular complexity index is 1320. The van der Waals surface area contributed by atoms with Crippen molar-refractivity contribution in [3.8, 4) is 11.1 Å². The van der Waals surface area contributed by atoms with Gasteiger partial charge >= 0.3 is 0 Å². The van der Waals surface area contributed by atoms with Crippen LogP contribution in [0.5, 0.6) is 0 Å². The molecular formula is C23H25F2N7O. The van der Waals surface area contributed by atoms with Crippen LogP contribution in [0, 0.1) is 12.3 Å². The molecule has 6 rings (SSSR count). The SMILES string of the molecule is Cc1nc2ncc(-c3c[nH]c4nc(NC5CCC6(CC5)COC6)ncc34)cc2n1CC(F)F. The molecule has 2 N–H and O–H groups in total. The van der Waals surface area contributed by atoms with Gasteiger partial charge in [0.25, 0.3) is 6.43 Å². The number of anilines is 1. The van der Waals surface area contributed by atoms with E-state index in [9.17, 15) is 8.78 Å². The predicted octanol–water partition coefficient (Wildman–Crippen LogP) is 4.31. The fourth-order valence-corrected chi connectivity index (χ4v) is 5.09. The zero-order valence-corrected chi connectivity index (χ0v) is 18.3. The lowest BCUT2D eigenvalue weighted by Crippen LogP contribution is -2.47. The van der Waals surface area contributed by atoms with E-state index in [4.69, 9.17) is 4.74 Å². The number of aromatic amines is 1. The molecule has 1 aliphatic heterocycles. The Morgan fingerprint density at radius 3 is 2.76 bits per heavy atom. The summed E-state index contributed by atoms with van der Waals surface area (Å²) < 4.78 is 33.0. The highest BCUT2D eigenvalue weighted by molar-refractivity contribution is 5.95. The first-order chi connectivity index (χ1) is 16.0. The second-order valence-electron chi connectivity index (χ2n) is 9.30. The normalized spacial score (nSPS) is 18.4. The van der Waals surface area contributed by atoms with Gasteiger partial charge in [0.15, 0.2) is 5.65 Å². The summed E-state index contributed by atoms with van der Waals surface area (Å²) in [5, 5.41) is 4.34. The average Bonchev–Trinajstić information content (AvgIpc) is 3.33. The summed E-state index contributed by atoms with van der Waals surface area (Å²) in [7, 11) is 0. The summed E-state index contributed by atoms with van der Waals surface area (Å²) >= 11 is 0. The lowest BCUT2D eigenvalue weighted by molar-refractivity contribution is -0.131. The number of pyridine rings is 1. The molecule has 172 valence electrons. The molecule has 1 aliphatic carbocycles. The molecule has 0 radical (unpaired) electrons. The van der Waals surface area contributed by atoms with Gasteiger partial charge in [-0.15, -0.1) is 0 Å². The molecule has 4 aromatic heterocycles. The highest BCUT2D eigenvalue weighted by Gasteiger charge is 2.41. The molecule has 1 spiro atoms. The predicted molar refractivity (Wildman–Crippen MR) is 120 cm³/mol. The van der Waals surface area contributed by atoms with E-state index < -0.39 is 13.0 Å². The number of aromatic nitrogens is 6. The highest BCUT2D eigenvalue weighted by atomic mass is 19.3. The third-order valence-corrected chi connectivity index (χ3v) is 7.06. The maximum atomic E-state index is 13.1. The minimum absolute atomic E-state index is 0.369. The number of H-pyrrole nitrogens is 1. The third-order valence-electron chi connectivity index (χ3n) is 7.06. The molecule has 1 saturated heterocycles. The van der Waals surface area contributed by atoms with Crippen molar-refractivity contribution in [3.63, 3.8) is 0 Å². The zero-order chi connectivity index (χ0) is 22.6. The average molecular weight is 453 g/mol. The Morgan fingerprint density at radius 1 is 1.21 bits per heavy atom. The molecule has 0 aromatic carbocycles. The number of hydrogen-bond donors (Lipinski definition) is 2. The van der Waals surface area contributed by atoms with Crippen LogP contribution in [0.15, 0.2) is 24.7 Å². The van der Waals surface area contributed by atoms with Gasteiger partial charge in [0, 0.05) is 46.6 Å². The van der Waals surface area contributed by atoms with Gasteiger partial charge in [-0.3, -0.25) is 0 Å². The van der Waals surface area contributed by atoms with E-state index in [1.54, 1.807) is 19.3 Å². The summed E-state index contributed by atoms with van der Waals surface area (Å²) in [6.07, 6.45) is 7.44. The molecule has 0 amide bonds. The van der Waals surface area contributed by atoms with Crippen LogP contribution in [0.2, 0.25) is 0 Å². The lowest BCUT2D eigenvalue weighted by Gasteiger charge is -2.46. The number of halogens is 2. The molecule has 33 heavy (non-hydrogen) atoms. The van der Waals surface area contributed by atoms with E-state index in [2.05, 4.69) is 30.2 Å². The van der Waals surface area contributed by atoms with Crippen molar-refractivity contribution in [2.75, 3.05) is 18.5 Å². The van der Waals surface area contributed by atoms with Crippen molar-refractivity contribution in [2.45, 2.75) is 51.6 Å². The van der Waals surface area contributed by atoms with Crippen LogP contribution in [0.1, 0.15) is 31.5 Å². The Labute approximate surface area is 188 Å². The Hall–Kier alpha value is -3.14. The van der Waals surface area contributed by atoms with Crippen molar-refractivity contribution >= 4 is 28.1 Å². The molecule has 8 nitrogen and oxygen atoms in total. The maximum Gasteiger partial charge on any atom is 0.256 e. The first kappa shape index (κ1) is 20.5. The fraction of sp³-hybridized carbons (Fsp3) is 0.478. The molecule has 1 saturated carbocycles. The van der Waals surface area contributed by atoms with Gasteiger partial charge in [-0.1, -0.05) is 0 Å². The van der Waals surface area contributed by atoms with E-state index in [-0.39, 0.29) is 0 Å². The number of fused-ring (bicyclic) bond motifs is 2. The number of imidazole rings is 1. The minimum atomic E-state index is -2.46. The Balaban J connectivity index is 1.26. The van der Waals surface area contributed by atoms with Gasteiger partial charge < -0.3 is 19.6 Å². The van der Waals surface area contributed by atoms with Crippen LogP contribution in [0.4, 0.5) is 14.7 Å². The number of ether oxygens (including phenoxy) is 1. The highest BCUT2D eigenvalue weighted by Crippen LogP contribution is 2.42. The van der Waals surface area contributed by atoms with Crippen molar-refractivity contribution in [3.05, 3.63) is 30.5 Å². The van der Waals surface area contributed by atoms with Crippen LogP contribution in [0.25, 0.3) is 33.3 Å². The number of alkyl halides is 2. The molecular weight excluding hydrogens is 428 g/mol. The van der Waals surface area contributed by atoms with Gasteiger partial charge in [0.05, 0.1) is 25.3 Å². The van der Waals surface area contributed by atoms with Crippen molar-refractivity contribution in [2.24, 2.45) is 5.41 Å². The summed E-state index contributed by atoms with van der Waals surface area (Å²) in [6, 6.07) is 2.22. The molecule has 0 bridgehead atoms. The molecule has 2 aliphatic rings. The Kier molecular flexibility index (Phi) is 4.79. The van der Waals surface area contributed by atoms with Gasteiger partial charge in [-0.25, -0.2) is 23.7 Å². The number of nitrogens with zero attached hydrogens (tertiary/aromatic N) is 5. The third kappa shape index (κ3) is 3.62. The molecule has 5 heterocycles. The number of hydrogen-bond acceptors (Lipinski definition) is 6. The first-order valence-corrected chi connectivity index (χ1v) is 11.3. The van der Waals surface area contributed by atoms with Gasteiger partial charge in [0.1, 0.15) is 11.5 Å². The first-order valence-electron chi connectivity index (χ1n) is 11.3. The smallest absolute Gasteiger partial charge is 0.256 e. The van der Waals surface area contributed by atoms with Gasteiger partial charge in [-0.05, 0) is 38.7 Å². The molecule has 0 unspecified atom stereocenters. The van der Waals surface area contributed by atoms with Crippen LogP contribution in [0.3, 0.4) is 0 Å². The topological polar surface area (TPSA) is 93.5 Å². The van der Waals surface area contributed by atoms with E-state index in [1.165, 1.54) is 17.4 Å². The van der Waals surface area contributed by atoms with Crippen molar-refractivity contribution in [1.29, 1.82) is 0 Å². The number of rotatable bonds is 5. The van der Waals surface area contributed by atoms with Gasteiger partial charge in [0.2, 0.25) is 5.95 Å². The number of nitrogens with one attached hydrogen (secondary N) is 2. The van der Waals surface area contributed by atoms with E-state index >= 15 is 0 Å².